The summed E-state index contributed by atoms with van der Waals surface area (Å²) in [7, 11) is 0. The monoisotopic (exact) mass is 300 g/mol. The van der Waals surface area contributed by atoms with Gasteiger partial charge in [0.25, 0.3) is 0 Å². The van der Waals surface area contributed by atoms with E-state index in [4.69, 9.17) is 5.73 Å². The van der Waals surface area contributed by atoms with Crippen LogP contribution in [0.15, 0.2) is 0 Å². The molecule has 0 saturated carbocycles. The number of rotatable bonds is 15. The molecule has 0 heterocycles. The van der Waals surface area contributed by atoms with E-state index in [9.17, 15) is 9.90 Å². The Bertz CT molecular complexity index is 247. The van der Waals surface area contributed by atoms with Crippen molar-refractivity contribution in [1.29, 1.82) is 0 Å². The molecule has 0 aromatic rings. The molecule has 2 unspecified atom stereocenters. The maximum absolute atomic E-state index is 11.2. The highest BCUT2D eigenvalue weighted by atomic mass is 16.4. The first kappa shape index (κ1) is 20.4. The maximum Gasteiger partial charge on any atom is 0.320 e. The van der Waals surface area contributed by atoms with Crippen LogP contribution in [-0.2, 0) is 4.79 Å². The lowest BCUT2D eigenvalue weighted by molar-refractivity contribution is -0.139. The van der Waals surface area contributed by atoms with E-state index < -0.39 is 12.0 Å². The van der Waals surface area contributed by atoms with Crippen molar-refractivity contribution < 1.29 is 9.90 Å². The molecule has 0 amide bonds. The normalized spacial score (nSPS) is 14.0. The minimum atomic E-state index is -0.738. The molecule has 4 heteroatoms. The molecule has 0 aromatic heterocycles. The molecule has 0 aliphatic heterocycles. The molecule has 0 spiro atoms. The van der Waals surface area contributed by atoms with E-state index in [1.165, 1.54) is 44.9 Å². The highest BCUT2D eigenvalue weighted by Crippen LogP contribution is 2.10. The van der Waals surface area contributed by atoms with E-state index >= 15 is 0 Å². The molecule has 21 heavy (non-hydrogen) atoms. The number of aliphatic carboxylic acids is 1. The molecule has 2 atom stereocenters. The lowest BCUT2D eigenvalue weighted by atomic mass is 10.0. The third-order valence-electron chi connectivity index (χ3n) is 3.97. The van der Waals surface area contributed by atoms with Crippen LogP contribution in [-0.4, -0.2) is 29.7 Å². The van der Waals surface area contributed by atoms with Gasteiger partial charge in [-0.3, -0.25) is 4.79 Å². The van der Waals surface area contributed by atoms with Crippen LogP contribution < -0.4 is 11.1 Å². The van der Waals surface area contributed by atoms with Crippen LogP contribution in [0, 0.1) is 0 Å². The summed E-state index contributed by atoms with van der Waals surface area (Å²) >= 11 is 0. The van der Waals surface area contributed by atoms with Gasteiger partial charge in [-0.1, -0.05) is 58.3 Å². The van der Waals surface area contributed by atoms with Crippen LogP contribution in [0.3, 0.4) is 0 Å². The Kier molecular flexibility index (Phi) is 13.9. The van der Waals surface area contributed by atoms with E-state index in [0.717, 1.165) is 19.3 Å². The fourth-order valence-corrected chi connectivity index (χ4v) is 2.61. The van der Waals surface area contributed by atoms with Gasteiger partial charge < -0.3 is 16.2 Å². The minimum absolute atomic E-state index is 0.277. The van der Waals surface area contributed by atoms with Gasteiger partial charge >= 0.3 is 5.97 Å². The second-order valence-corrected chi connectivity index (χ2v) is 6.15. The molecule has 0 aliphatic rings. The molecule has 0 aromatic carbocycles. The molecule has 0 bridgehead atoms. The van der Waals surface area contributed by atoms with E-state index in [0.29, 0.717) is 13.0 Å². The average Bonchev–Trinajstić information content (AvgIpc) is 2.45. The summed E-state index contributed by atoms with van der Waals surface area (Å²) in [6.45, 7) is 4.97. The van der Waals surface area contributed by atoms with Crippen molar-refractivity contribution in [3.05, 3.63) is 0 Å². The third kappa shape index (κ3) is 12.8. The zero-order valence-electron chi connectivity index (χ0n) is 14.1. The Morgan fingerprint density at radius 1 is 1.00 bits per heavy atom. The van der Waals surface area contributed by atoms with Gasteiger partial charge in [0.2, 0.25) is 0 Å². The lowest BCUT2D eigenvalue weighted by Gasteiger charge is -2.20. The van der Waals surface area contributed by atoms with E-state index in [-0.39, 0.29) is 6.04 Å². The van der Waals surface area contributed by atoms with Crippen LogP contribution in [0.4, 0.5) is 0 Å². The molecule has 4 nitrogen and oxygen atoms in total. The lowest BCUT2D eigenvalue weighted by Crippen LogP contribution is -2.42. The number of carboxylic acids is 1. The van der Waals surface area contributed by atoms with Gasteiger partial charge in [0.15, 0.2) is 0 Å². The van der Waals surface area contributed by atoms with Crippen molar-refractivity contribution in [1.82, 2.24) is 5.32 Å². The predicted molar refractivity (Wildman–Crippen MR) is 89.5 cm³/mol. The van der Waals surface area contributed by atoms with Crippen LogP contribution in [0.2, 0.25) is 0 Å². The number of nitrogens with two attached hydrogens (primary N) is 1. The minimum Gasteiger partial charge on any atom is -0.480 e. The van der Waals surface area contributed by atoms with E-state index in [2.05, 4.69) is 19.2 Å². The van der Waals surface area contributed by atoms with E-state index in [1.807, 2.05) is 0 Å². The Hall–Kier alpha value is -0.610. The standard InChI is InChI=1S/C17H36N2O2/c1-3-4-5-6-7-8-9-12-15(2)19-16(17(20)21)13-10-11-14-18/h15-16,19H,3-14,18H2,1-2H3,(H,20,21). The van der Waals surface area contributed by atoms with Crippen LogP contribution in [0.25, 0.3) is 0 Å². The van der Waals surface area contributed by atoms with Crippen LogP contribution >= 0.6 is 0 Å². The molecule has 0 radical (unpaired) electrons. The number of carbonyl (C=O) groups is 1. The highest BCUT2D eigenvalue weighted by molar-refractivity contribution is 5.73. The Morgan fingerprint density at radius 2 is 1.57 bits per heavy atom. The second-order valence-electron chi connectivity index (χ2n) is 6.15. The zero-order valence-corrected chi connectivity index (χ0v) is 14.1. The van der Waals surface area contributed by atoms with Crippen molar-refractivity contribution in [3.8, 4) is 0 Å². The molecule has 0 aliphatic carbocycles. The molecular weight excluding hydrogens is 264 g/mol. The summed E-state index contributed by atoms with van der Waals surface area (Å²) in [6, 6.07) is -0.143. The molecular formula is C17H36N2O2. The first-order valence-corrected chi connectivity index (χ1v) is 8.80. The Labute approximate surface area is 130 Å². The van der Waals surface area contributed by atoms with Crippen LogP contribution in [0.1, 0.15) is 84.5 Å². The van der Waals surface area contributed by atoms with Crippen molar-refractivity contribution in [2.45, 2.75) is 96.6 Å². The van der Waals surface area contributed by atoms with Gasteiger partial charge in [-0.05, 0) is 32.7 Å². The SMILES string of the molecule is CCCCCCCCCC(C)NC(CCCCN)C(=O)O. The summed E-state index contributed by atoms with van der Waals surface area (Å²) < 4.78 is 0. The van der Waals surface area contributed by atoms with Gasteiger partial charge in [-0.15, -0.1) is 0 Å². The molecule has 0 saturated heterocycles. The zero-order chi connectivity index (χ0) is 15.9. The van der Waals surface area contributed by atoms with Gasteiger partial charge in [0.1, 0.15) is 6.04 Å². The maximum atomic E-state index is 11.2. The van der Waals surface area contributed by atoms with Gasteiger partial charge in [-0.25, -0.2) is 0 Å². The average molecular weight is 300 g/mol. The first-order chi connectivity index (χ1) is 10.1. The molecule has 4 N–H and O–H groups in total. The first-order valence-electron chi connectivity index (χ1n) is 8.80. The summed E-state index contributed by atoms with van der Waals surface area (Å²) in [4.78, 5) is 11.2. The van der Waals surface area contributed by atoms with Gasteiger partial charge in [-0.2, -0.15) is 0 Å². The number of hydrogen-bond acceptors (Lipinski definition) is 3. The van der Waals surface area contributed by atoms with Crippen LogP contribution in [0.5, 0.6) is 0 Å². The predicted octanol–water partition coefficient (Wildman–Crippen LogP) is 3.69. The third-order valence-corrected chi connectivity index (χ3v) is 3.97. The number of unbranched alkanes of at least 4 members (excludes halogenated alkanes) is 7. The van der Waals surface area contributed by atoms with Gasteiger partial charge in [0, 0.05) is 6.04 Å². The van der Waals surface area contributed by atoms with E-state index in [1.54, 1.807) is 0 Å². The quantitative estimate of drug-likeness (QED) is 0.403. The fraction of sp³-hybridized carbons (Fsp3) is 0.941. The van der Waals surface area contributed by atoms with Crippen molar-refractivity contribution >= 4 is 5.97 Å². The van der Waals surface area contributed by atoms with Crippen molar-refractivity contribution in [3.63, 3.8) is 0 Å². The molecule has 126 valence electrons. The summed E-state index contributed by atoms with van der Waals surface area (Å²) in [5.41, 5.74) is 5.45. The largest absolute Gasteiger partial charge is 0.480 e. The number of hydrogen-bond donors (Lipinski definition) is 3. The highest BCUT2D eigenvalue weighted by Gasteiger charge is 2.18. The summed E-state index contributed by atoms with van der Waals surface area (Å²) in [5, 5.41) is 12.5. The number of nitrogens with one attached hydrogen (secondary N) is 1. The fourth-order valence-electron chi connectivity index (χ4n) is 2.61. The summed E-state index contributed by atoms with van der Waals surface area (Å²) in [6.07, 6.45) is 12.6. The Morgan fingerprint density at radius 3 is 2.14 bits per heavy atom. The van der Waals surface area contributed by atoms with Gasteiger partial charge in [0.05, 0.1) is 0 Å². The smallest absolute Gasteiger partial charge is 0.320 e. The molecule has 0 fully saturated rings. The topological polar surface area (TPSA) is 75.3 Å². The Balaban J connectivity index is 3.67. The molecule has 0 rings (SSSR count). The van der Waals surface area contributed by atoms with Crippen molar-refractivity contribution in [2.75, 3.05) is 6.54 Å². The summed E-state index contributed by atoms with van der Waals surface area (Å²) in [5.74, 6) is -0.738. The second kappa shape index (κ2) is 14.3. The number of carboxylic acid groups (broad SMARTS) is 1. The van der Waals surface area contributed by atoms with Crippen molar-refractivity contribution in [2.24, 2.45) is 5.73 Å².